The summed E-state index contributed by atoms with van der Waals surface area (Å²) in [6.07, 6.45) is 59.9. The maximum atomic E-state index is 12.9. The van der Waals surface area contributed by atoms with Crippen molar-refractivity contribution in [3.05, 3.63) is 24.3 Å². The summed E-state index contributed by atoms with van der Waals surface area (Å²) in [5, 5.41) is 13.8. The fourth-order valence-corrected chi connectivity index (χ4v) is 9.17. The van der Waals surface area contributed by atoms with E-state index in [0.29, 0.717) is 17.4 Å². The van der Waals surface area contributed by atoms with Crippen LogP contribution in [0.4, 0.5) is 0 Å². The van der Waals surface area contributed by atoms with Crippen molar-refractivity contribution in [1.82, 2.24) is 5.32 Å². The molecule has 0 spiro atoms. The Morgan fingerprint density at radius 3 is 1.20 bits per heavy atom. The molecular weight excluding hydrogens is 828 g/mol. The monoisotopic (exact) mass is 939 g/mol. The van der Waals surface area contributed by atoms with Crippen LogP contribution in [0.5, 0.6) is 0 Å². The zero-order valence-electron chi connectivity index (χ0n) is 44.0. The van der Waals surface area contributed by atoms with Crippen LogP contribution >= 0.6 is 7.82 Å². The second kappa shape index (κ2) is 48.0. The number of carbonyl (C=O) groups is 1. The van der Waals surface area contributed by atoms with E-state index < -0.39 is 20.0 Å². The van der Waals surface area contributed by atoms with E-state index >= 15 is 0 Å². The number of phosphoric ester groups is 1. The molecule has 1 amide bonds. The molecule has 386 valence electrons. The number of amides is 1. The summed E-state index contributed by atoms with van der Waals surface area (Å²) in [5.74, 6) is -0.195. The summed E-state index contributed by atoms with van der Waals surface area (Å²) in [6.45, 7) is 4.65. The normalized spacial score (nSPS) is 14.1. The van der Waals surface area contributed by atoms with Gasteiger partial charge in [-0.15, -0.1) is 0 Å². The van der Waals surface area contributed by atoms with Crippen molar-refractivity contribution < 1.29 is 32.9 Å². The third kappa shape index (κ3) is 50.7. The molecule has 0 rings (SSSR count). The number of aliphatic hydroxyl groups excluding tert-OH is 1. The van der Waals surface area contributed by atoms with Crippen LogP contribution in [0.25, 0.3) is 0 Å². The Hall–Kier alpha value is -1.02. The quantitative estimate of drug-likeness (QED) is 0.0272. The Morgan fingerprint density at radius 2 is 0.846 bits per heavy atom. The van der Waals surface area contributed by atoms with Crippen LogP contribution in [0.2, 0.25) is 0 Å². The van der Waals surface area contributed by atoms with Crippen molar-refractivity contribution >= 4 is 13.7 Å². The Morgan fingerprint density at radius 1 is 0.523 bits per heavy atom. The van der Waals surface area contributed by atoms with E-state index in [1.54, 1.807) is 6.08 Å². The van der Waals surface area contributed by atoms with Crippen LogP contribution < -0.4 is 10.2 Å². The van der Waals surface area contributed by atoms with Gasteiger partial charge in [0.25, 0.3) is 7.82 Å². The van der Waals surface area contributed by atoms with Gasteiger partial charge >= 0.3 is 0 Å². The molecule has 0 aromatic heterocycles. The SMILES string of the molecule is CCCCCCCCCC/C=C\CCCCCCCCCCCCCCCCCCCCCCCC(=O)NC(COP(=O)([O-])OCC[N+](C)(C)C)C(O)/C=C/CCCCCCCCCC. The molecule has 2 N–H and O–H groups in total. The van der Waals surface area contributed by atoms with Gasteiger partial charge in [-0.2, -0.15) is 0 Å². The minimum absolute atomic E-state index is 0.00113. The van der Waals surface area contributed by atoms with Crippen molar-refractivity contribution in [2.24, 2.45) is 0 Å². The number of carbonyl (C=O) groups excluding carboxylic acids is 1. The number of likely N-dealkylation sites (N-methyl/N-ethyl adjacent to an activating group) is 1. The predicted molar refractivity (Wildman–Crippen MR) is 279 cm³/mol. The van der Waals surface area contributed by atoms with Gasteiger partial charge < -0.3 is 28.8 Å². The average Bonchev–Trinajstić information content (AvgIpc) is 3.26. The van der Waals surface area contributed by atoms with Crippen LogP contribution in [0, 0.1) is 0 Å². The first-order valence-corrected chi connectivity index (χ1v) is 29.7. The maximum Gasteiger partial charge on any atom is 0.268 e. The van der Waals surface area contributed by atoms with Crippen molar-refractivity contribution in [3.8, 4) is 0 Å². The number of nitrogens with one attached hydrogen (secondary N) is 1. The smallest absolute Gasteiger partial charge is 0.268 e. The third-order valence-electron chi connectivity index (χ3n) is 12.9. The average molecular weight is 939 g/mol. The molecule has 0 aliphatic rings. The number of rotatable bonds is 52. The highest BCUT2D eigenvalue weighted by molar-refractivity contribution is 7.45. The van der Waals surface area contributed by atoms with Gasteiger partial charge in [0.1, 0.15) is 13.2 Å². The Bertz CT molecular complexity index is 1110. The van der Waals surface area contributed by atoms with Gasteiger partial charge in [0.05, 0.1) is 39.9 Å². The van der Waals surface area contributed by atoms with Crippen LogP contribution in [-0.2, 0) is 18.4 Å². The van der Waals surface area contributed by atoms with Crippen molar-refractivity contribution in [1.29, 1.82) is 0 Å². The van der Waals surface area contributed by atoms with E-state index in [-0.39, 0.29) is 19.1 Å². The molecule has 0 aromatic rings. The van der Waals surface area contributed by atoms with E-state index in [1.807, 2.05) is 27.2 Å². The number of unbranched alkanes of at least 4 members (excludes halogenated alkanes) is 37. The molecule has 0 heterocycles. The highest BCUT2D eigenvalue weighted by atomic mass is 31.2. The maximum absolute atomic E-state index is 12.9. The number of quaternary nitrogens is 1. The topological polar surface area (TPSA) is 108 Å². The highest BCUT2D eigenvalue weighted by Crippen LogP contribution is 2.38. The van der Waals surface area contributed by atoms with Crippen LogP contribution in [0.3, 0.4) is 0 Å². The van der Waals surface area contributed by atoms with Gasteiger partial charge in [-0.05, 0) is 44.9 Å². The summed E-state index contributed by atoms with van der Waals surface area (Å²) in [4.78, 5) is 25.4. The summed E-state index contributed by atoms with van der Waals surface area (Å²) in [7, 11) is 1.27. The number of allylic oxidation sites excluding steroid dienone is 3. The molecule has 9 heteroatoms. The fourth-order valence-electron chi connectivity index (χ4n) is 8.44. The summed E-state index contributed by atoms with van der Waals surface area (Å²) >= 11 is 0. The largest absolute Gasteiger partial charge is 0.756 e. The van der Waals surface area contributed by atoms with Gasteiger partial charge in [0, 0.05) is 6.42 Å². The first kappa shape index (κ1) is 64.0. The standard InChI is InChI=1S/C56H111N2O6P/c1-6-8-10-12-14-16-18-19-20-21-22-23-24-25-26-27-28-29-30-31-32-33-34-35-36-37-38-39-40-42-44-46-48-50-56(60)57-54(53-64-65(61,62)63-52-51-58(3,4)5)55(59)49-47-45-43-41-17-15-13-11-9-7-2/h21-22,47,49,54-55,59H,6-20,23-46,48,50-53H2,1-5H3,(H-,57,60,61,62)/b22-21-,49-47+. The molecule has 0 saturated carbocycles. The zero-order chi connectivity index (χ0) is 47.8. The van der Waals surface area contributed by atoms with Gasteiger partial charge in [-0.25, -0.2) is 0 Å². The molecule has 8 nitrogen and oxygen atoms in total. The molecule has 0 bridgehead atoms. The molecule has 0 radical (unpaired) electrons. The van der Waals surface area contributed by atoms with Crippen molar-refractivity contribution in [2.45, 2.75) is 289 Å². The molecule has 0 aliphatic carbocycles. The minimum atomic E-state index is -4.58. The van der Waals surface area contributed by atoms with Crippen LogP contribution in [0.15, 0.2) is 24.3 Å². The lowest BCUT2D eigenvalue weighted by atomic mass is 10.0. The van der Waals surface area contributed by atoms with Gasteiger partial charge in [-0.3, -0.25) is 9.36 Å². The second-order valence-corrected chi connectivity index (χ2v) is 22.1. The van der Waals surface area contributed by atoms with Crippen molar-refractivity contribution in [2.75, 3.05) is 40.9 Å². The second-order valence-electron chi connectivity index (χ2n) is 20.6. The van der Waals surface area contributed by atoms with E-state index in [9.17, 15) is 19.4 Å². The number of hydrogen-bond donors (Lipinski definition) is 2. The van der Waals surface area contributed by atoms with E-state index in [4.69, 9.17) is 9.05 Å². The number of nitrogens with zero attached hydrogens (tertiary/aromatic N) is 1. The Labute approximate surface area is 404 Å². The zero-order valence-corrected chi connectivity index (χ0v) is 44.9. The van der Waals surface area contributed by atoms with Gasteiger partial charge in [0.15, 0.2) is 0 Å². The number of hydrogen-bond acceptors (Lipinski definition) is 6. The summed E-state index contributed by atoms with van der Waals surface area (Å²) in [5.41, 5.74) is 0. The van der Waals surface area contributed by atoms with E-state index in [2.05, 4.69) is 31.3 Å². The van der Waals surface area contributed by atoms with Gasteiger partial charge in [-0.1, -0.05) is 250 Å². The Kier molecular flexibility index (Phi) is 47.3. The molecule has 65 heavy (non-hydrogen) atoms. The van der Waals surface area contributed by atoms with Gasteiger partial charge in [0.2, 0.25) is 5.91 Å². The molecule has 3 atom stereocenters. The molecule has 0 saturated heterocycles. The molecule has 3 unspecified atom stereocenters. The molecule has 0 fully saturated rings. The lowest BCUT2D eigenvalue weighted by Crippen LogP contribution is -2.45. The summed E-state index contributed by atoms with van der Waals surface area (Å²) in [6, 6.07) is -0.881. The molecule has 0 aliphatic heterocycles. The summed E-state index contributed by atoms with van der Waals surface area (Å²) < 4.78 is 23.2. The van der Waals surface area contributed by atoms with E-state index in [1.165, 1.54) is 218 Å². The number of aliphatic hydroxyl groups is 1. The van der Waals surface area contributed by atoms with Crippen LogP contribution in [-0.4, -0.2) is 68.5 Å². The number of phosphoric acid groups is 1. The minimum Gasteiger partial charge on any atom is -0.756 e. The lowest BCUT2D eigenvalue weighted by Gasteiger charge is -2.29. The predicted octanol–water partition coefficient (Wildman–Crippen LogP) is 16.2. The molecule has 0 aromatic carbocycles. The Balaban J connectivity index is 3.91. The first-order valence-electron chi connectivity index (χ1n) is 28.2. The van der Waals surface area contributed by atoms with Crippen LogP contribution in [0.1, 0.15) is 277 Å². The van der Waals surface area contributed by atoms with Crippen molar-refractivity contribution in [3.63, 3.8) is 0 Å². The first-order chi connectivity index (χ1) is 31.5. The fraction of sp³-hybridized carbons (Fsp3) is 0.911. The molecular formula is C56H111N2O6P. The lowest BCUT2D eigenvalue weighted by molar-refractivity contribution is -0.870. The third-order valence-corrected chi connectivity index (χ3v) is 13.9. The highest BCUT2D eigenvalue weighted by Gasteiger charge is 2.23. The van der Waals surface area contributed by atoms with E-state index in [0.717, 1.165) is 38.5 Å².